The average Bonchev–Trinajstić information content (AvgIpc) is 2.88. The van der Waals surface area contributed by atoms with E-state index >= 15 is 0 Å². The second kappa shape index (κ2) is 3.17. The molecule has 2 aliphatic rings. The van der Waals surface area contributed by atoms with Crippen LogP contribution in [0.25, 0.3) is 0 Å². The van der Waals surface area contributed by atoms with E-state index in [-0.39, 0.29) is 5.56 Å². The normalized spacial score (nSPS) is 21.4. The van der Waals surface area contributed by atoms with Crippen molar-refractivity contribution < 1.29 is 0 Å². The van der Waals surface area contributed by atoms with Gasteiger partial charge in [-0.1, -0.05) is 0 Å². The summed E-state index contributed by atoms with van der Waals surface area (Å²) in [6.07, 6.45) is 2.38. The van der Waals surface area contributed by atoms with Crippen LogP contribution in [0.3, 0.4) is 0 Å². The SMILES string of the molecule is Cc1cc(=O)n(C2CNC2)c(C2CC2)n1. The molecule has 1 aromatic rings. The van der Waals surface area contributed by atoms with E-state index in [0.29, 0.717) is 12.0 Å². The predicted molar refractivity (Wildman–Crippen MR) is 57.1 cm³/mol. The lowest BCUT2D eigenvalue weighted by Crippen LogP contribution is -2.48. The molecule has 0 amide bonds. The summed E-state index contributed by atoms with van der Waals surface area (Å²) in [7, 11) is 0. The van der Waals surface area contributed by atoms with E-state index in [1.165, 1.54) is 12.8 Å². The van der Waals surface area contributed by atoms with Crippen LogP contribution in [0.1, 0.15) is 36.3 Å². The van der Waals surface area contributed by atoms with E-state index in [4.69, 9.17) is 0 Å². The molecule has 1 aromatic heterocycles. The first-order valence-electron chi connectivity index (χ1n) is 5.56. The van der Waals surface area contributed by atoms with Crippen molar-refractivity contribution in [2.75, 3.05) is 13.1 Å². The molecule has 1 saturated heterocycles. The van der Waals surface area contributed by atoms with Gasteiger partial charge in [0.2, 0.25) is 0 Å². The second-order valence-corrected chi connectivity index (χ2v) is 4.55. The molecule has 4 heteroatoms. The van der Waals surface area contributed by atoms with Crippen molar-refractivity contribution in [3.8, 4) is 0 Å². The number of hydrogen-bond donors (Lipinski definition) is 1. The monoisotopic (exact) mass is 205 g/mol. The molecule has 0 radical (unpaired) electrons. The molecule has 80 valence electrons. The van der Waals surface area contributed by atoms with Crippen molar-refractivity contribution in [3.63, 3.8) is 0 Å². The van der Waals surface area contributed by atoms with E-state index in [2.05, 4.69) is 10.3 Å². The Kier molecular flexibility index (Phi) is 1.92. The number of aromatic nitrogens is 2. The zero-order valence-electron chi connectivity index (χ0n) is 8.86. The predicted octanol–water partition coefficient (Wildman–Crippen LogP) is 0.573. The van der Waals surface area contributed by atoms with Crippen molar-refractivity contribution in [1.29, 1.82) is 0 Å². The maximum atomic E-state index is 11.9. The highest BCUT2D eigenvalue weighted by molar-refractivity contribution is 5.13. The molecule has 1 aliphatic carbocycles. The summed E-state index contributed by atoms with van der Waals surface area (Å²) < 4.78 is 1.90. The summed E-state index contributed by atoms with van der Waals surface area (Å²) in [5.41, 5.74) is 0.973. The maximum Gasteiger partial charge on any atom is 0.254 e. The molecule has 0 spiro atoms. The van der Waals surface area contributed by atoms with Crippen LogP contribution in [-0.4, -0.2) is 22.6 Å². The summed E-state index contributed by atoms with van der Waals surface area (Å²) in [5.74, 6) is 1.56. The van der Waals surface area contributed by atoms with E-state index in [1.54, 1.807) is 6.07 Å². The molecule has 1 aliphatic heterocycles. The lowest BCUT2D eigenvalue weighted by atomic mass is 10.1. The number of nitrogens with one attached hydrogen (secondary N) is 1. The van der Waals surface area contributed by atoms with Gasteiger partial charge in [0.15, 0.2) is 0 Å². The molecule has 3 rings (SSSR count). The van der Waals surface area contributed by atoms with Gasteiger partial charge in [0.05, 0.1) is 6.04 Å². The number of aryl methyl sites for hydroxylation is 1. The standard InChI is InChI=1S/C11H15N3O/c1-7-4-10(15)14(9-5-12-6-9)11(13-7)8-2-3-8/h4,8-9,12H,2-3,5-6H2,1H3. The molecule has 2 fully saturated rings. The van der Waals surface area contributed by atoms with Gasteiger partial charge in [-0.2, -0.15) is 0 Å². The highest BCUT2D eigenvalue weighted by Crippen LogP contribution is 2.39. The minimum Gasteiger partial charge on any atom is -0.313 e. The highest BCUT2D eigenvalue weighted by atomic mass is 16.1. The fourth-order valence-corrected chi connectivity index (χ4v) is 2.08. The smallest absolute Gasteiger partial charge is 0.254 e. The minimum atomic E-state index is 0.121. The first-order valence-corrected chi connectivity index (χ1v) is 5.56. The third kappa shape index (κ3) is 1.49. The summed E-state index contributed by atoms with van der Waals surface area (Å²) >= 11 is 0. The van der Waals surface area contributed by atoms with Crippen molar-refractivity contribution in [3.05, 3.63) is 27.9 Å². The van der Waals surface area contributed by atoms with Crippen LogP contribution in [-0.2, 0) is 0 Å². The van der Waals surface area contributed by atoms with Crippen molar-refractivity contribution in [2.24, 2.45) is 0 Å². The Hall–Kier alpha value is -1.16. The minimum absolute atomic E-state index is 0.121. The number of rotatable bonds is 2. The topological polar surface area (TPSA) is 46.9 Å². The average molecular weight is 205 g/mol. The molecule has 0 bridgehead atoms. The lowest BCUT2D eigenvalue weighted by molar-refractivity contribution is 0.323. The van der Waals surface area contributed by atoms with Gasteiger partial charge in [-0.25, -0.2) is 4.98 Å². The van der Waals surface area contributed by atoms with Gasteiger partial charge >= 0.3 is 0 Å². The number of nitrogens with zero attached hydrogens (tertiary/aromatic N) is 2. The van der Waals surface area contributed by atoms with E-state index in [9.17, 15) is 4.79 Å². The van der Waals surface area contributed by atoms with E-state index in [1.807, 2.05) is 11.5 Å². The fraction of sp³-hybridized carbons (Fsp3) is 0.636. The van der Waals surface area contributed by atoms with E-state index in [0.717, 1.165) is 24.6 Å². The Morgan fingerprint density at radius 1 is 1.47 bits per heavy atom. The van der Waals surface area contributed by atoms with Crippen LogP contribution in [0.2, 0.25) is 0 Å². The van der Waals surface area contributed by atoms with Crippen LogP contribution >= 0.6 is 0 Å². The quantitative estimate of drug-likeness (QED) is 0.768. The molecule has 1 saturated carbocycles. The molecule has 15 heavy (non-hydrogen) atoms. The van der Waals surface area contributed by atoms with E-state index < -0.39 is 0 Å². The van der Waals surface area contributed by atoms with Gasteiger partial charge < -0.3 is 5.32 Å². The maximum absolute atomic E-state index is 11.9. The number of hydrogen-bond acceptors (Lipinski definition) is 3. The summed E-state index contributed by atoms with van der Waals surface area (Å²) in [6, 6.07) is 1.98. The summed E-state index contributed by atoms with van der Waals surface area (Å²) in [6.45, 7) is 3.71. The molecular weight excluding hydrogens is 190 g/mol. The van der Waals surface area contributed by atoms with Crippen molar-refractivity contribution in [2.45, 2.75) is 31.7 Å². The third-order valence-corrected chi connectivity index (χ3v) is 3.18. The lowest BCUT2D eigenvalue weighted by Gasteiger charge is -2.30. The van der Waals surface area contributed by atoms with Gasteiger partial charge in [0.25, 0.3) is 5.56 Å². The van der Waals surface area contributed by atoms with Gasteiger partial charge in [0.1, 0.15) is 5.82 Å². The Balaban J connectivity index is 2.11. The Bertz CT molecular complexity index is 444. The molecule has 0 unspecified atom stereocenters. The third-order valence-electron chi connectivity index (χ3n) is 3.18. The van der Waals surface area contributed by atoms with Crippen molar-refractivity contribution >= 4 is 0 Å². The molecule has 2 heterocycles. The van der Waals surface area contributed by atoms with Gasteiger partial charge in [-0.05, 0) is 19.8 Å². The van der Waals surface area contributed by atoms with Crippen LogP contribution in [0.15, 0.2) is 10.9 Å². The molecule has 0 aromatic carbocycles. The van der Waals surface area contributed by atoms with Crippen LogP contribution in [0.4, 0.5) is 0 Å². The fourth-order valence-electron chi connectivity index (χ4n) is 2.08. The molecule has 4 nitrogen and oxygen atoms in total. The van der Waals surface area contributed by atoms with Gasteiger partial charge in [0, 0.05) is 30.8 Å². The zero-order chi connectivity index (χ0) is 10.4. The van der Waals surface area contributed by atoms with Gasteiger partial charge in [-0.15, -0.1) is 0 Å². The second-order valence-electron chi connectivity index (χ2n) is 4.55. The first-order chi connectivity index (χ1) is 7.25. The first kappa shape index (κ1) is 9.09. The molecular formula is C11H15N3O. The van der Waals surface area contributed by atoms with Crippen LogP contribution < -0.4 is 10.9 Å². The van der Waals surface area contributed by atoms with Gasteiger partial charge in [-0.3, -0.25) is 9.36 Å². The molecule has 0 atom stereocenters. The summed E-state index contributed by atoms with van der Waals surface area (Å²) in [4.78, 5) is 16.5. The molecule has 1 N–H and O–H groups in total. The Labute approximate surface area is 88.3 Å². The zero-order valence-corrected chi connectivity index (χ0v) is 8.86. The van der Waals surface area contributed by atoms with Crippen LogP contribution in [0.5, 0.6) is 0 Å². The Morgan fingerprint density at radius 3 is 2.73 bits per heavy atom. The Morgan fingerprint density at radius 2 is 2.20 bits per heavy atom. The van der Waals surface area contributed by atoms with Crippen molar-refractivity contribution in [1.82, 2.24) is 14.9 Å². The van der Waals surface area contributed by atoms with Crippen LogP contribution in [0, 0.1) is 6.92 Å². The summed E-state index contributed by atoms with van der Waals surface area (Å²) in [5, 5.41) is 3.20. The largest absolute Gasteiger partial charge is 0.313 e. The highest BCUT2D eigenvalue weighted by Gasteiger charge is 2.32.